The fraction of sp³-hybridized carbons (Fsp3) is 0.174. The highest BCUT2D eigenvalue weighted by molar-refractivity contribution is 6.00. The number of aryl methyl sites for hydroxylation is 2. The molecule has 0 spiro atoms. The number of para-hydroxylation sites is 1. The van der Waals surface area contributed by atoms with Crippen molar-refractivity contribution < 1.29 is 4.79 Å². The van der Waals surface area contributed by atoms with Crippen molar-refractivity contribution >= 4 is 5.91 Å². The molecule has 2 aromatic carbocycles. The number of aromatic nitrogens is 4. The topological polar surface area (TPSA) is 64.7 Å². The normalized spacial score (nSPS) is 10.8. The number of amides is 1. The van der Waals surface area contributed by atoms with Gasteiger partial charge in [0, 0.05) is 37.2 Å². The van der Waals surface area contributed by atoms with Crippen molar-refractivity contribution in [3.63, 3.8) is 0 Å². The summed E-state index contributed by atoms with van der Waals surface area (Å²) in [6.45, 7) is 3.43. The van der Waals surface area contributed by atoms with E-state index >= 15 is 0 Å². The Bertz CT molecular complexity index is 1080. The van der Waals surface area contributed by atoms with Gasteiger partial charge in [-0.2, -0.15) is 5.10 Å². The van der Waals surface area contributed by atoms with Crippen LogP contribution in [-0.2, 0) is 6.54 Å². The fourth-order valence-corrected chi connectivity index (χ4v) is 3.27. The van der Waals surface area contributed by atoms with Gasteiger partial charge >= 0.3 is 0 Å². The zero-order valence-electron chi connectivity index (χ0n) is 16.3. The van der Waals surface area contributed by atoms with Crippen LogP contribution in [0.4, 0.5) is 0 Å². The zero-order chi connectivity index (χ0) is 20.1. The summed E-state index contributed by atoms with van der Waals surface area (Å²) in [5, 5.41) is 7.77. The molecule has 29 heavy (non-hydrogen) atoms. The van der Waals surface area contributed by atoms with Crippen LogP contribution in [0.1, 0.15) is 22.3 Å². The maximum atomic E-state index is 13.0. The molecule has 0 fully saturated rings. The van der Waals surface area contributed by atoms with Crippen molar-refractivity contribution in [1.29, 1.82) is 0 Å². The van der Waals surface area contributed by atoms with Crippen LogP contribution < -0.4 is 5.32 Å². The molecule has 0 atom stereocenters. The summed E-state index contributed by atoms with van der Waals surface area (Å²) in [4.78, 5) is 17.0. The molecule has 0 aliphatic heterocycles. The minimum absolute atomic E-state index is 0.115. The summed E-state index contributed by atoms with van der Waals surface area (Å²) in [5.41, 5.74) is 4.23. The average Bonchev–Trinajstić information content (AvgIpc) is 3.42. The van der Waals surface area contributed by atoms with Gasteiger partial charge in [-0.3, -0.25) is 4.79 Å². The molecule has 2 aromatic heterocycles. The van der Waals surface area contributed by atoms with E-state index < -0.39 is 0 Å². The lowest BCUT2D eigenvalue weighted by molar-refractivity contribution is 0.0953. The molecule has 4 aromatic rings. The highest BCUT2D eigenvalue weighted by Crippen LogP contribution is 2.26. The Labute approximate surface area is 169 Å². The predicted molar refractivity (Wildman–Crippen MR) is 113 cm³/mol. The number of imidazole rings is 1. The standard InChI is InChI=1S/C23H23N5O/c1-18-8-5-6-11-20(18)22-21(16-28(26-22)19-9-3-2-4-10-19)23(29)25-12-7-14-27-15-13-24-17-27/h2-6,8-11,13,15-17H,7,12,14H2,1H3,(H,25,29). The van der Waals surface area contributed by atoms with E-state index in [-0.39, 0.29) is 5.91 Å². The van der Waals surface area contributed by atoms with Crippen LogP contribution in [0.3, 0.4) is 0 Å². The molecule has 1 N–H and O–H groups in total. The van der Waals surface area contributed by atoms with Gasteiger partial charge in [0.2, 0.25) is 0 Å². The summed E-state index contributed by atoms with van der Waals surface area (Å²) < 4.78 is 3.76. The Morgan fingerprint density at radius 3 is 2.62 bits per heavy atom. The van der Waals surface area contributed by atoms with Gasteiger partial charge in [0.05, 0.1) is 17.6 Å². The van der Waals surface area contributed by atoms with Gasteiger partial charge in [-0.25, -0.2) is 9.67 Å². The number of carbonyl (C=O) groups is 1. The molecule has 0 aliphatic rings. The summed E-state index contributed by atoms with van der Waals surface area (Å²) in [7, 11) is 0. The third-order valence-electron chi connectivity index (χ3n) is 4.82. The van der Waals surface area contributed by atoms with Crippen LogP contribution in [0.25, 0.3) is 16.9 Å². The molecule has 2 heterocycles. The number of nitrogens with one attached hydrogen (secondary N) is 1. The Morgan fingerprint density at radius 2 is 1.86 bits per heavy atom. The van der Waals surface area contributed by atoms with Crippen LogP contribution in [0, 0.1) is 6.92 Å². The van der Waals surface area contributed by atoms with E-state index in [9.17, 15) is 4.79 Å². The first-order chi connectivity index (χ1) is 14.2. The van der Waals surface area contributed by atoms with Gasteiger partial charge in [0.1, 0.15) is 5.69 Å². The molecule has 0 unspecified atom stereocenters. The predicted octanol–water partition coefficient (Wildman–Crippen LogP) is 3.86. The maximum Gasteiger partial charge on any atom is 0.255 e. The van der Waals surface area contributed by atoms with Gasteiger partial charge in [-0.05, 0) is 31.0 Å². The SMILES string of the molecule is Cc1ccccc1-c1nn(-c2ccccc2)cc1C(=O)NCCCn1ccnc1. The van der Waals surface area contributed by atoms with Gasteiger partial charge < -0.3 is 9.88 Å². The molecule has 4 rings (SSSR count). The van der Waals surface area contributed by atoms with Crippen molar-refractivity contribution in [1.82, 2.24) is 24.6 Å². The number of carbonyl (C=O) groups excluding carboxylic acids is 1. The monoisotopic (exact) mass is 385 g/mol. The van der Waals surface area contributed by atoms with E-state index in [0.717, 1.165) is 29.8 Å². The second-order valence-electron chi connectivity index (χ2n) is 6.90. The van der Waals surface area contributed by atoms with Gasteiger partial charge in [0.25, 0.3) is 5.91 Å². The van der Waals surface area contributed by atoms with Gasteiger partial charge in [0.15, 0.2) is 0 Å². The summed E-state index contributed by atoms with van der Waals surface area (Å²) in [6.07, 6.45) is 8.09. The first-order valence-corrected chi connectivity index (χ1v) is 9.67. The van der Waals surface area contributed by atoms with Crippen LogP contribution >= 0.6 is 0 Å². The number of benzene rings is 2. The van der Waals surface area contributed by atoms with Crippen LogP contribution in [0.2, 0.25) is 0 Å². The summed E-state index contributed by atoms with van der Waals surface area (Å²) in [6, 6.07) is 17.8. The maximum absolute atomic E-state index is 13.0. The first-order valence-electron chi connectivity index (χ1n) is 9.67. The van der Waals surface area contributed by atoms with Crippen LogP contribution in [-0.4, -0.2) is 31.8 Å². The van der Waals surface area contributed by atoms with E-state index in [4.69, 9.17) is 5.10 Å². The minimum Gasteiger partial charge on any atom is -0.352 e. The molecule has 146 valence electrons. The van der Waals surface area contributed by atoms with E-state index in [1.165, 1.54) is 0 Å². The lowest BCUT2D eigenvalue weighted by Gasteiger charge is -2.07. The Balaban J connectivity index is 1.58. The van der Waals surface area contributed by atoms with Crippen LogP contribution in [0.15, 0.2) is 79.5 Å². The van der Waals surface area contributed by atoms with Crippen molar-refractivity contribution in [2.75, 3.05) is 6.54 Å². The Hall–Kier alpha value is -3.67. The highest BCUT2D eigenvalue weighted by atomic mass is 16.1. The molecule has 0 saturated heterocycles. The highest BCUT2D eigenvalue weighted by Gasteiger charge is 2.19. The quantitative estimate of drug-likeness (QED) is 0.491. The number of hydrogen-bond acceptors (Lipinski definition) is 3. The molecule has 0 radical (unpaired) electrons. The van der Waals surface area contributed by atoms with E-state index in [2.05, 4.69) is 10.3 Å². The van der Waals surface area contributed by atoms with Crippen molar-refractivity contribution in [3.8, 4) is 16.9 Å². The Kier molecular flexibility index (Phi) is 5.52. The zero-order valence-corrected chi connectivity index (χ0v) is 16.3. The Morgan fingerprint density at radius 1 is 1.07 bits per heavy atom. The van der Waals surface area contributed by atoms with Gasteiger partial charge in [-0.15, -0.1) is 0 Å². The average molecular weight is 385 g/mol. The second-order valence-corrected chi connectivity index (χ2v) is 6.90. The van der Waals surface area contributed by atoms with Crippen molar-refractivity contribution in [2.24, 2.45) is 0 Å². The molecular weight excluding hydrogens is 362 g/mol. The third-order valence-corrected chi connectivity index (χ3v) is 4.82. The van der Waals surface area contributed by atoms with Gasteiger partial charge in [-0.1, -0.05) is 42.5 Å². The van der Waals surface area contributed by atoms with Crippen molar-refractivity contribution in [3.05, 3.63) is 90.6 Å². The van der Waals surface area contributed by atoms with Crippen molar-refractivity contribution in [2.45, 2.75) is 19.9 Å². The van der Waals surface area contributed by atoms with E-state index in [1.807, 2.05) is 78.5 Å². The smallest absolute Gasteiger partial charge is 0.255 e. The number of nitrogens with zero attached hydrogens (tertiary/aromatic N) is 4. The molecule has 0 saturated carbocycles. The largest absolute Gasteiger partial charge is 0.352 e. The molecule has 1 amide bonds. The molecule has 6 heteroatoms. The fourth-order valence-electron chi connectivity index (χ4n) is 3.27. The second kappa shape index (κ2) is 8.56. The molecular formula is C23H23N5O. The lowest BCUT2D eigenvalue weighted by atomic mass is 10.0. The number of hydrogen-bond donors (Lipinski definition) is 1. The molecule has 0 aliphatic carbocycles. The third kappa shape index (κ3) is 4.27. The summed E-state index contributed by atoms with van der Waals surface area (Å²) >= 11 is 0. The molecule has 6 nitrogen and oxygen atoms in total. The lowest BCUT2D eigenvalue weighted by Crippen LogP contribution is -2.25. The van der Waals surface area contributed by atoms with E-state index in [1.54, 1.807) is 17.2 Å². The van der Waals surface area contributed by atoms with E-state index in [0.29, 0.717) is 17.8 Å². The first kappa shape index (κ1) is 18.7. The number of rotatable bonds is 7. The molecule has 0 bridgehead atoms. The minimum atomic E-state index is -0.115. The summed E-state index contributed by atoms with van der Waals surface area (Å²) in [5.74, 6) is -0.115. The van der Waals surface area contributed by atoms with Crippen LogP contribution in [0.5, 0.6) is 0 Å².